The van der Waals surface area contributed by atoms with E-state index < -0.39 is 9.84 Å². The molecule has 3 rings (SSSR count). The number of hydrogen-bond donors (Lipinski definition) is 2. The lowest BCUT2D eigenvalue weighted by Crippen LogP contribution is -2.12. The van der Waals surface area contributed by atoms with E-state index in [2.05, 4.69) is 15.3 Å². The smallest absolute Gasteiger partial charge is 0.182 e. The second kappa shape index (κ2) is 3.71. The van der Waals surface area contributed by atoms with Crippen LogP contribution in [-0.4, -0.2) is 40.4 Å². The third-order valence-corrected chi connectivity index (χ3v) is 4.07. The Morgan fingerprint density at radius 1 is 1.50 bits per heavy atom. The highest BCUT2D eigenvalue weighted by atomic mass is 32.2. The van der Waals surface area contributed by atoms with Crippen LogP contribution in [-0.2, 0) is 16.4 Å². The molecule has 0 aliphatic heterocycles. The maximum absolute atomic E-state index is 11.2. The predicted octanol–water partition coefficient (Wildman–Crippen LogP) is 0.264. The van der Waals surface area contributed by atoms with E-state index in [9.17, 15) is 8.42 Å². The molecule has 1 fully saturated rings. The molecule has 3 N–H and O–H groups in total. The molecular formula is C10H15N5O2S. The number of sulfone groups is 1. The van der Waals surface area contributed by atoms with E-state index in [1.807, 2.05) is 0 Å². The lowest BCUT2D eigenvalue weighted by molar-refractivity contribution is 0.587. The quantitative estimate of drug-likeness (QED) is 0.828. The van der Waals surface area contributed by atoms with Crippen molar-refractivity contribution in [1.82, 2.24) is 20.0 Å². The van der Waals surface area contributed by atoms with Crippen molar-refractivity contribution in [3.8, 4) is 0 Å². The summed E-state index contributed by atoms with van der Waals surface area (Å²) in [6.45, 7) is 0.312. The number of aromatic amines is 1. The minimum Gasteiger partial charge on any atom is -0.383 e. The minimum atomic E-state index is -3.01. The number of rotatable bonds is 4. The van der Waals surface area contributed by atoms with Gasteiger partial charge in [-0.1, -0.05) is 0 Å². The normalized spacial score (nSPS) is 16.5. The Balaban J connectivity index is 2.01. The Labute approximate surface area is 104 Å². The lowest BCUT2D eigenvalue weighted by Gasteiger charge is -1.99. The maximum atomic E-state index is 11.2. The summed E-state index contributed by atoms with van der Waals surface area (Å²) < 4.78 is 24.0. The molecule has 1 aliphatic rings. The van der Waals surface area contributed by atoms with E-state index >= 15 is 0 Å². The number of aryl methyl sites for hydroxylation is 1. The molecule has 98 valence electrons. The van der Waals surface area contributed by atoms with Crippen LogP contribution in [0.15, 0.2) is 0 Å². The number of aromatic nitrogens is 4. The van der Waals surface area contributed by atoms with Crippen LogP contribution in [0.5, 0.6) is 0 Å². The summed E-state index contributed by atoms with van der Waals surface area (Å²) in [7, 11) is -3.01. The zero-order valence-electron chi connectivity index (χ0n) is 10.0. The van der Waals surface area contributed by atoms with E-state index in [1.54, 1.807) is 4.68 Å². The summed E-state index contributed by atoms with van der Waals surface area (Å²) in [4.78, 5) is 0. The number of nitrogens with two attached hydrogens (primary N) is 1. The monoisotopic (exact) mass is 269 g/mol. The van der Waals surface area contributed by atoms with E-state index in [4.69, 9.17) is 5.73 Å². The molecule has 0 aromatic carbocycles. The van der Waals surface area contributed by atoms with Crippen LogP contribution in [0.25, 0.3) is 11.0 Å². The zero-order valence-corrected chi connectivity index (χ0v) is 10.9. The Kier molecular flexibility index (Phi) is 2.37. The van der Waals surface area contributed by atoms with Crippen LogP contribution >= 0.6 is 0 Å². The fourth-order valence-corrected chi connectivity index (χ4v) is 2.57. The van der Waals surface area contributed by atoms with Gasteiger partial charge in [0.1, 0.15) is 15.7 Å². The van der Waals surface area contributed by atoms with Crippen LogP contribution < -0.4 is 5.73 Å². The number of nitrogens with zero attached hydrogens (tertiary/aromatic N) is 3. The Bertz CT molecular complexity index is 695. The first-order valence-corrected chi connectivity index (χ1v) is 7.90. The number of H-pyrrole nitrogens is 1. The van der Waals surface area contributed by atoms with E-state index in [1.165, 1.54) is 6.26 Å². The number of anilines is 1. The largest absolute Gasteiger partial charge is 0.383 e. The maximum Gasteiger partial charge on any atom is 0.182 e. The van der Waals surface area contributed by atoms with Gasteiger partial charge in [0.05, 0.1) is 23.4 Å². The van der Waals surface area contributed by atoms with Crippen molar-refractivity contribution in [3.63, 3.8) is 0 Å². The zero-order chi connectivity index (χ0) is 12.9. The van der Waals surface area contributed by atoms with Crippen molar-refractivity contribution in [2.75, 3.05) is 17.7 Å². The van der Waals surface area contributed by atoms with Gasteiger partial charge in [0.25, 0.3) is 0 Å². The molecule has 2 aromatic heterocycles. The van der Waals surface area contributed by atoms with Gasteiger partial charge in [-0.2, -0.15) is 10.2 Å². The molecule has 0 spiro atoms. The van der Waals surface area contributed by atoms with Crippen LogP contribution in [0, 0.1) is 0 Å². The van der Waals surface area contributed by atoms with Crippen LogP contribution in [0.3, 0.4) is 0 Å². The third kappa shape index (κ3) is 1.96. The molecule has 0 bridgehead atoms. The fourth-order valence-electron chi connectivity index (χ4n) is 2.06. The lowest BCUT2D eigenvalue weighted by atomic mass is 10.2. The highest BCUT2D eigenvalue weighted by Crippen LogP contribution is 2.43. The number of fused-ring (bicyclic) bond motifs is 1. The molecule has 1 saturated carbocycles. The summed E-state index contributed by atoms with van der Waals surface area (Å²) >= 11 is 0. The number of nitrogen functional groups attached to an aromatic ring is 1. The molecule has 8 heteroatoms. The van der Waals surface area contributed by atoms with Crippen molar-refractivity contribution in [1.29, 1.82) is 0 Å². The Morgan fingerprint density at radius 2 is 2.22 bits per heavy atom. The molecule has 2 aromatic rings. The highest BCUT2D eigenvalue weighted by Gasteiger charge is 2.31. The SMILES string of the molecule is CS(=O)(=O)CCn1nc(C2CC2)c2c(N)[nH]nc21. The fraction of sp³-hybridized carbons (Fsp3) is 0.600. The molecule has 18 heavy (non-hydrogen) atoms. The first-order chi connectivity index (χ1) is 8.46. The van der Waals surface area contributed by atoms with Gasteiger partial charge in [-0.25, -0.2) is 13.1 Å². The molecule has 0 unspecified atom stereocenters. The van der Waals surface area contributed by atoms with Gasteiger partial charge in [-0.3, -0.25) is 5.10 Å². The first kappa shape index (κ1) is 11.5. The van der Waals surface area contributed by atoms with Crippen LogP contribution in [0.4, 0.5) is 5.82 Å². The van der Waals surface area contributed by atoms with Crippen molar-refractivity contribution in [2.45, 2.75) is 25.3 Å². The average Bonchev–Trinajstić information content (AvgIpc) is 2.94. The van der Waals surface area contributed by atoms with Crippen molar-refractivity contribution >= 4 is 26.7 Å². The standard InChI is InChI=1S/C10H15N5O2S/c1-18(16,17)5-4-15-10-7(9(11)12-13-10)8(14-15)6-2-3-6/h6H,2-5H2,1H3,(H3,11,12,13). The van der Waals surface area contributed by atoms with Gasteiger partial charge in [0, 0.05) is 12.2 Å². The van der Waals surface area contributed by atoms with Crippen molar-refractivity contribution < 1.29 is 8.42 Å². The molecular weight excluding hydrogens is 254 g/mol. The highest BCUT2D eigenvalue weighted by molar-refractivity contribution is 7.90. The van der Waals surface area contributed by atoms with Gasteiger partial charge in [-0.05, 0) is 12.8 Å². The van der Waals surface area contributed by atoms with E-state index in [0.717, 1.165) is 23.9 Å². The minimum absolute atomic E-state index is 0.0562. The summed E-state index contributed by atoms with van der Waals surface area (Å²) in [5, 5.41) is 12.2. The van der Waals surface area contributed by atoms with Crippen molar-refractivity contribution in [3.05, 3.63) is 5.69 Å². The van der Waals surface area contributed by atoms with Crippen molar-refractivity contribution in [2.24, 2.45) is 0 Å². The Hall–Kier alpha value is -1.57. The molecule has 1 aliphatic carbocycles. The topological polar surface area (TPSA) is 107 Å². The first-order valence-electron chi connectivity index (χ1n) is 5.83. The summed E-state index contributed by atoms with van der Waals surface area (Å²) in [5.41, 5.74) is 7.45. The third-order valence-electron chi connectivity index (χ3n) is 3.14. The van der Waals surface area contributed by atoms with Gasteiger partial charge < -0.3 is 5.73 Å². The number of hydrogen-bond acceptors (Lipinski definition) is 5. The molecule has 7 nitrogen and oxygen atoms in total. The summed E-state index contributed by atoms with van der Waals surface area (Å²) in [5.74, 6) is 1.02. The molecule has 0 radical (unpaired) electrons. The van der Waals surface area contributed by atoms with Gasteiger partial charge in [0.15, 0.2) is 5.65 Å². The van der Waals surface area contributed by atoms with E-state index in [-0.39, 0.29) is 5.75 Å². The average molecular weight is 269 g/mol. The molecule has 0 amide bonds. The van der Waals surface area contributed by atoms with Gasteiger partial charge >= 0.3 is 0 Å². The van der Waals surface area contributed by atoms with Crippen LogP contribution in [0.1, 0.15) is 24.5 Å². The molecule has 0 atom stereocenters. The second-order valence-corrected chi connectivity index (χ2v) is 7.11. The van der Waals surface area contributed by atoms with Gasteiger partial charge in [0.2, 0.25) is 0 Å². The molecule has 2 heterocycles. The number of nitrogens with one attached hydrogen (secondary N) is 1. The molecule has 0 saturated heterocycles. The summed E-state index contributed by atoms with van der Waals surface area (Å²) in [6.07, 6.45) is 3.44. The van der Waals surface area contributed by atoms with Crippen LogP contribution in [0.2, 0.25) is 0 Å². The van der Waals surface area contributed by atoms with E-state index in [0.29, 0.717) is 23.9 Å². The summed E-state index contributed by atoms with van der Waals surface area (Å²) in [6, 6.07) is 0. The Morgan fingerprint density at radius 3 is 2.83 bits per heavy atom. The second-order valence-electron chi connectivity index (χ2n) is 4.85. The predicted molar refractivity (Wildman–Crippen MR) is 68.0 cm³/mol. The van der Waals surface area contributed by atoms with Gasteiger partial charge in [-0.15, -0.1) is 0 Å².